The first-order chi connectivity index (χ1) is 6.01. The van der Waals surface area contributed by atoms with Crippen LogP contribution in [0.1, 0.15) is 25.6 Å². The van der Waals surface area contributed by atoms with Gasteiger partial charge in [-0.2, -0.15) is 4.98 Å². The van der Waals surface area contributed by atoms with Crippen LogP contribution in [0.4, 0.5) is 0 Å². The van der Waals surface area contributed by atoms with Crippen molar-refractivity contribution in [2.75, 3.05) is 7.11 Å². The molecule has 2 N–H and O–H groups in total. The Morgan fingerprint density at radius 1 is 1.54 bits per heavy atom. The maximum absolute atomic E-state index is 5.79. The molecule has 1 rings (SSSR count). The van der Waals surface area contributed by atoms with Gasteiger partial charge in [-0.05, 0) is 13.8 Å². The molecule has 0 spiro atoms. The quantitative estimate of drug-likeness (QED) is 0.739. The predicted octanol–water partition coefficient (Wildman–Crippen LogP) is 0.496. The summed E-state index contributed by atoms with van der Waals surface area (Å²) >= 11 is 0. The summed E-state index contributed by atoms with van der Waals surface area (Å²) in [6, 6.07) is 0. The lowest BCUT2D eigenvalue weighted by molar-refractivity contribution is 0.174. The fraction of sp³-hybridized carbons (Fsp3) is 0.750. The van der Waals surface area contributed by atoms with Crippen LogP contribution in [-0.4, -0.2) is 22.8 Å². The SMILES string of the molecule is COCc1noc(CC(C)(C)N)n1. The molecule has 5 nitrogen and oxygen atoms in total. The topological polar surface area (TPSA) is 74.2 Å². The Morgan fingerprint density at radius 2 is 2.23 bits per heavy atom. The Bertz CT molecular complexity index is 265. The lowest BCUT2D eigenvalue weighted by Gasteiger charge is -2.14. The first-order valence-electron chi connectivity index (χ1n) is 4.10. The molecule has 0 atom stereocenters. The number of ether oxygens (including phenoxy) is 1. The molecular weight excluding hydrogens is 170 g/mol. The lowest BCUT2D eigenvalue weighted by atomic mass is 10.0. The van der Waals surface area contributed by atoms with Crippen molar-refractivity contribution in [3.05, 3.63) is 11.7 Å². The van der Waals surface area contributed by atoms with Crippen molar-refractivity contribution in [1.82, 2.24) is 10.1 Å². The van der Waals surface area contributed by atoms with Gasteiger partial charge < -0.3 is 15.0 Å². The highest BCUT2D eigenvalue weighted by molar-refractivity contribution is 4.91. The van der Waals surface area contributed by atoms with Gasteiger partial charge in [-0.1, -0.05) is 5.16 Å². The number of hydrogen-bond acceptors (Lipinski definition) is 5. The molecule has 13 heavy (non-hydrogen) atoms. The molecule has 0 saturated carbocycles. The van der Waals surface area contributed by atoms with Crippen molar-refractivity contribution in [2.45, 2.75) is 32.4 Å². The standard InChI is InChI=1S/C8H15N3O2/c1-8(2,9)4-7-10-6(5-12-3)11-13-7/h4-5,9H2,1-3H3. The summed E-state index contributed by atoms with van der Waals surface area (Å²) in [7, 11) is 1.59. The predicted molar refractivity (Wildman–Crippen MR) is 47.0 cm³/mol. The van der Waals surface area contributed by atoms with Gasteiger partial charge >= 0.3 is 0 Å². The molecule has 0 fully saturated rings. The van der Waals surface area contributed by atoms with E-state index < -0.39 is 0 Å². The van der Waals surface area contributed by atoms with Gasteiger partial charge in [0.25, 0.3) is 0 Å². The summed E-state index contributed by atoms with van der Waals surface area (Å²) < 4.78 is 9.83. The Labute approximate surface area is 77.3 Å². The summed E-state index contributed by atoms with van der Waals surface area (Å²) in [5.74, 6) is 1.11. The highest BCUT2D eigenvalue weighted by atomic mass is 16.5. The van der Waals surface area contributed by atoms with E-state index in [1.807, 2.05) is 13.8 Å². The van der Waals surface area contributed by atoms with Gasteiger partial charge in [-0.3, -0.25) is 0 Å². The minimum atomic E-state index is -0.323. The molecule has 0 aliphatic rings. The van der Waals surface area contributed by atoms with Gasteiger partial charge in [0.1, 0.15) is 6.61 Å². The van der Waals surface area contributed by atoms with E-state index in [-0.39, 0.29) is 5.54 Å². The summed E-state index contributed by atoms with van der Waals surface area (Å²) in [4.78, 5) is 4.10. The third-order valence-electron chi connectivity index (χ3n) is 1.39. The molecule has 1 heterocycles. The third kappa shape index (κ3) is 3.52. The molecular formula is C8H15N3O2. The van der Waals surface area contributed by atoms with Crippen LogP contribution in [0.5, 0.6) is 0 Å². The molecule has 5 heteroatoms. The molecule has 0 aromatic carbocycles. The minimum Gasteiger partial charge on any atom is -0.377 e. The maximum Gasteiger partial charge on any atom is 0.228 e. The second-order valence-corrected chi connectivity index (χ2v) is 3.70. The largest absolute Gasteiger partial charge is 0.377 e. The Hall–Kier alpha value is -0.940. The van der Waals surface area contributed by atoms with Crippen molar-refractivity contribution in [1.29, 1.82) is 0 Å². The van der Waals surface area contributed by atoms with E-state index in [9.17, 15) is 0 Å². The van der Waals surface area contributed by atoms with Crippen molar-refractivity contribution in [2.24, 2.45) is 5.73 Å². The molecule has 0 radical (unpaired) electrons. The molecule has 1 aromatic rings. The number of rotatable bonds is 4. The van der Waals surface area contributed by atoms with Crippen LogP contribution >= 0.6 is 0 Å². The van der Waals surface area contributed by atoms with Crippen LogP contribution in [0, 0.1) is 0 Å². The number of nitrogens with two attached hydrogens (primary N) is 1. The fourth-order valence-electron chi connectivity index (χ4n) is 0.939. The van der Waals surface area contributed by atoms with Crippen LogP contribution < -0.4 is 5.73 Å². The summed E-state index contributed by atoms with van der Waals surface area (Å²) in [6.45, 7) is 4.19. The van der Waals surface area contributed by atoms with Crippen molar-refractivity contribution in [3.8, 4) is 0 Å². The van der Waals surface area contributed by atoms with E-state index in [1.54, 1.807) is 7.11 Å². The van der Waals surface area contributed by atoms with E-state index in [0.717, 1.165) is 0 Å². The number of aromatic nitrogens is 2. The highest BCUT2D eigenvalue weighted by Crippen LogP contribution is 2.07. The van der Waals surface area contributed by atoms with Gasteiger partial charge in [0.05, 0.1) is 0 Å². The van der Waals surface area contributed by atoms with Gasteiger partial charge in [0, 0.05) is 19.1 Å². The van der Waals surface area contributed by atoms with Crippen LogP contribution in [0.15, 0.2) is 4.52 Å². The van der Waals surface area contributed by atoms with Crippen LogP contribution in [0.25, 0.3) is 0 Å². The zero-order valence-corrected chi connectivity index (χ0v) is 8.20. The van der Waals surface area contributed by atoms with E-state index in [0.29, 0.717) is 24.7 Å². The van der Waals surface area contributed by atoms with Crippen molar-refractivity contribution in [3.63, 3.8) is 0 Å². The van der Waals surface area contributed by atoms with Crippen LogP contribution in [-0.2, 0) is 17.8 Å². The first kappa shape index (κ1) is 10.1. The zero-order chi connectivity index (χ0) is 9.90. The van der Waals surface area contributed by atoms with Gasteiger partial charge in [0.15, 0.2) is 5.82 Å². The second-order valence-electron chi connectivity index (χ2n) is 3.70. The Kier molecular flexibility index (Phi) is 3.00. The van der Waals surface area contributed by atoms with E-state index >= 15 is 0 Å². The van der Waals surface area contributed by atoms with E-state index in [4.69, 9.17) is 15.0 Å². The molecule has 0 aliphatic carbocycles. The van der Waals surface area contributed by atoms with Gasteiger partial charge in [-0.25, -0.2) is 0 Å². The number of hydrogen-bond donors (Lipinski definition) is 1. The molecule has 0 aliphatic heterocycles. The number of methoxy groups -OCH3 is 1. The Balaban J connectivity index is 2.59. The molecule has 0 unspecified atom stereocenters. The molecule has 0 amide bonds. The minimum absolute atomic E-state index is 0.323. The van der Waals surface area contributed by atoms with Crippen LogP contribution in [0.2, 0.25) is 0 Å². The molecule has 0 bridgehead atoms. The van der Waals surface area contributed by atoms with Gasteiger partial charge in [0.2, 0.25) is 5.89 Å². The third-order valence-corrected chi connectivity index (χ3v) is 1.39. The average molecular weight is 185 g/mol. The molecule has 0 saturated heterocycles. The summed E-state index contributed by atoms with van der Waals surface area (Å²) in [5.41, 5.74) is 5.47. The second kappa shape index (κ2) is 3.85. The summed E-state index contributed by atoms with van der Waals surface area (Å²) in [6.07, 6.45) is 0.573. The zero-order valence-electron chi connectivity index (χ0n) is 8.20. The lowest BCUT2D eigenvalue weighted by Crippen LogP contribution is -2.34. The summed E-state index contributed by atoms with van der Waals surface area (Å²) in [5, 5.41) is 3.72. The highest BCUT2D eigenvalue weighted by Gasteiger charge is 2.16. The average Bonchev–Trinajstić information content (AvgIpc) is 2.33. The molecule has 1 aromatic heterocycles. The molecule has 74 valence electrons. The Morgan fingerprint density at radius 3 is 2.77 bits per heavy atom. The van der Waals surface area contributed by atoms with Crippen molar-refractivity contribution >= 4 is 0 Å². The first-order valence-corrected chi connectivity index (χ1v) is 4.10. The van der Waals surface area contributed by atoms with E-state index in [2.05, 4.69) is 10.1 Å². The van der Waals surface area contributed by atoms with Crippen molar-refractivity contribution < 1.29 is 9.26 Å². The smallest absolute Gasteiger partial charge is 0.228 e. The van der Waals surface area contributed by atoms with Gasteiger partial charge in [-0.15, -0.1) is 0 Å². The fourth-order valence-corrected chi connectivity index (χ4v) is 0.939. The maximum atomic E-state index is 5.79. The van der Waals surface area contributed by atoms with E-state index in [1.165, 1.54) is 0 Å². The van der Waals surface area contributed by atoms with Crippen LogP contribution in [0.3, 0.4) is 0 Å². The normalized spacial score (nSPS) is 12.0. The monoisotopic (exact) mass is 185 g/mol. The number of nitrogens with zero attached hydrogens (tertiary/aromatic N) is 2.